The molecule has 0 heterocycles. The minimum atomic E-state index is -1.07. The van der Waals surface area contributed by atoms with Crippen molar-refractivity contribution in [1.82, 2.24) is 0 Å². The third-order valence-corrected chi connectivity index (χ3v) is 5.94. The van der Waals surface area contributed by atoms with Crippen LogP contribution in [0.5, 0.6) is 5.75 Å². The predicted octanol–water partition coefficient (Wildman–Crippen LogP) is 6.47. The van der Waals surface area contributed by atoms with Gasteiger partial charge in [-0.1, -0.05) is 41.5 Å². The van der Waals surface area contributed by atoms with Crippen molar-refractivity contribution in [2.75, 3.05) is 13.2 Å². The van der Waals surface area contributed by atoms with Gasteiger partial charge in [0.2, 0.25) is 0 Å². The second-order valence-electron chi connectivity index (χ2n) is 8.35. The van der Waals surface area contributed by atoms with Gasteiger partial charge >= 0.3 is 17.9 Å². The molecule has 0 aliphatic rings. The topological polar surface area (TPSA) is 170 Å². The molecule has 194 valence electrons. The van der Waals surface area contributed by atoms with Crippen molar-refractivity contribution in [2.45, 2.75) is 0 Å². The molecule has 4 aromatic carbocycles. The maximum absolute atomic E-state index is 11.4. The van der Waals surface area contributed by atoms with Crippen molar-refractivity contribution in [3.63, 3.8) is 0 Å². The summed E-state index contributed by atoms with van der Waals surface area (Å²) < 4.78 is 6.10. The Morgan fingerprint density at radius 3 is 1.38 bits per heavy atom. The van der Waals surface area contributed by atoms with Crippen molar-refractivity contribution in [2.24, 2.45) is 5.11 Å². The van der Waals surface area contributed by atoms with E-state index in [1.165, 1.54) is 36.4 Å². The number of carbonyl (C=O) groups is 3. The first-order valence-electron chi connectivity index (χ1n) is 11.6. The Balaban J connectivity index is 1.95. The Bertz CT molecular complexity index is 1510. The normalized spacial score (nSPS) is 10.4. The lowest BCUT2D eigenvalue weighted by molar-refractivity contribution is 0.0686. The summed E-state index contributed by atoms with van der Waals surface area (Å²) in [6, 6.07) is 22.5. The molecule has 4 rings (SSSR count). The van der Waals surface area contributed by atoms with Gasteiger partial charge in [0.15, 0.2) is 0 Å². The average molecular weight is 524 g/mol. The number of hydrogen-bond donors (Lipinski definition) is 3. The fourth-order valence-electron chi connectivity index (χ4n) is 4.00. The zero-order chi connectivity index (χ0) is 27.9. The summed E-state index contributed by atoms with van der Waals surface area (Å²) >= 11 is 0. The number of carboxylic acids is 3. The summed E-state index contributed by atoms with van der Waals surface area (Å²) in [7, 11) is 0. The molecule has 0 aliphatic carbocycles. The van der Waals surface area contributed by atoms with Crippen LogP contribution in [0.25, 0.3) is 43.8 Å². The molecule has 10 nitrogen and oxygen atoms in total. The molecule has 0 fully saturated rings. The number of rotatable bonds is 10. The highest BCUT2D eigenvalue weighted by atomic mass is 16.5. The Hall–Kier alpha value is -5.60. The van der Waals surface area contributed by atoms with Crippen LogP contribution in [0.3, 0.4) is 0 Å². The molecule has 0 aromatic heterocycles. The van der Waals surface area contributed by atoms with E-state index in [0.29, 0.717) is 39.1 Å². The predicted molar refractivity (Wildman–Crippen MR) is 143 cm³/mol. The Morgan fingerprint density at radius 2 is 1.03 bits per heavy atom. The molecular weight excluding hydrogens is 502 g/mol. The SMILES string of the molecule is [N-]=[N+]=NCCOc1c(-c2ccc(C(=O)O)cc2)cc(-c2ccc(C(=O)O)cc2)cc1-c1ccc(C(=O)O)cc1. The lowest BCUT2D eigenvalue weighted by Gasteiger charge is -2.19. The summed E-state index contributed by atoms with van der Waals surface area (Å²) in [6.45, 7) is 0.112. The highest BCUT2D eigenvalue weighted by molar-refractivity contribution is 5.93. The zero-order valence-electron chi connectivity index (χ0n) is 20.3. The molecule has 10 heteroatoms. The van der Waals surface area contributed by atoms with Gasteiger partial charge in [-0.25, -0.2) is 14.4 Å². The van der Waals surface area contributed by atoms with Crippen LogP contribution in [0.4, 0.5) is 0 Å². The molecular formula is C29H21N3O7. The van der Waals surface area contributed by atoms with Gasteiger partial charge < -0.3 is 20.1 Å². The fraction of sp³-hybridized carbons (Fsp3) is 0.0690. The van der Waals surface area contributed by atoms with E-state index in [0.717, 1.165) is 0 Å². The van der Waals surface area contributed by atoms with Gasteiger partial charge in [0, 0.05) is 16.0 Å². The van der Waals surface area contributed by atoms with E-state index in [4.69, 9.17) is 10.3 Å². The Labute approximate surface area is 222 Å². The molecule has 0 amide bonds. The largest absolute Gasteiger partial charge is 0.492 e. The summed E-state index contributed by atoms with van der Waals surface area (Å²) in [5, 5.41) is 31.5. The van der Waals surface area contributed by atoms with Crippen LogP contribution >= 0.6 is 0 Å². The number of carboxylic acid groups (broad SMARTS) is 3. The maximum Gasteiger partial charge on any atom is 0.335 e. The van der Waals surface area contributed by atoms with Gasteiger partial charge in [-0.15, -0.1) is 0 Å². The second-order valence-corrected chi connectivity index (χ2v) is 8.35. The van der Waals surface area contributed by atoms with Crippen LogP contribution in [0.2, 0.25) is 0 Å². The van der Waals surface area contributed by atoms with Crippen molar-refractivity contribution in [3.8, 4) is 39.1 Å². The van der Waals surface area contributed by atoms with Crippen LogP contribution < -0.4 is 4.74 Å². The first-order chi connectivity index (χ1) is 18.8. The molecule has 39 heavy (non-hydrogen) atoms. The van der Waals surface area contributed by atoms with Crippen LogP contribution in [0, 0.1) is 0 Å². The van der Waals surface area contributed by atoms with Crippen LogP contribution in [-0.4, -0.2) is 46.4 Å². The van der Waals surface area contributed by atoms with Crippen molar-refractivity contribution in [1.29, 1.82) is 0 Å². The number of hydrogen-bond acceptors (Lipinski definition) is 5. The second kappa shape index (κ2) is 11.6. The van der Waals surface area contributed by atoms with Gasteiger partial charge in [0.1, 0.15) is 5.75 Å². The zero-order valence-corrected chi connectivity index (χ0v) is 20.3. The van der Waals surface area contributed by atoms with Gasteiger partial charge in [0.05, 0.1) is 29.8 Å². The van der Waals surface area contributed by atoms with Crippen LogP contribution in [0.15, 0.2) is 90.0 Å². The molecule has 0 aliphatic heterocycles. The van der Waals surface area contributed by atoms with Gasteiger partial charge in [-0.3, -0.25) is 0 Å². The molecule has 0 saturated carbocycles. The third-order valence-electron chi connectivity index (χ3n) is 5.94. The van der Waals surface area contributed by atoms with E-state index in [1.807, 2.05) is 12.1 Å². The molecule has 0 unspecified atom stereocenters. The van der Waals surface area contributed by atoms with E-state index >= 15 is 0 Å². The highest BCUT2D eigenvalue weighted by Crippen LogP contribution is 2.43. The minimum Gasteiger partial charge on any atom is -0.492 e. The number of nitrogens with zero attached hydrogens (tertiary/aromatic N) is 3. The summed E-state index contributed by atoms with van der Waals surface area (Å²) in [4.78, 5) is 36.9. The smallest absolute Gasteiger partial charge is 0.335 e. The molecule has 4 aromatic rings. The van der Waals surface area contributed by atoms with E-state index in [1.54, 1.807) is 36.4 Å². The van der Waals surface area contributed by atoms with E-state index in [9.17, 15) is 29.7 Å². The van der Waals surface area contributed by atoms with E-state index in [2.05, 4.69) is 10.0 Å². The highest BCUT2D eigenvalue weighted by Gasteiger charge is 2.18. The monoisotopic (exact) mass is 523 g/mol. The molecule has 3 N–H and O–H groups in total. The number of ether oxygens (including phenoxy) is 1. The first kappa shape index (κ1) is 26.5. The van der Waals surface area contributed by atoms with Crippen molar-refractivity contribution >= 4 is 17.9 Å². The Kier molecular flexibility index (Phi) is 7.89. The number of benzene rings is 4. The Morgan fingerprint density at radius 1 is 0.641 bits per heavy atom. The quantitative estimate of drug-likeness (QED) is 0.0925. The molecule has 0 bridgehead atoms. The summed E-state index contributed by atoms with van der Waals surface area (Å²) in [5.74, 6) is -2.78. The maximum atomic E-state index is 11.4. The minimum absolute atomic E-state index is 0.0527. The van der Waals surface area contributed by atoms with Crippen LogP contribution in [0.1, 0.15) is 31.1 Å². The number of aromatic carboxylic acids is 3. The average Bonchev–Trinajstić information content (AvgIpc) is 2.95. The van der Waals surface area contributed by atoms with Gasteiger partial charge in [-0.05, 0) is 76.3 Å². The van der Waals surface area contributed by atoms with Gasteiger partial charge in [0.25, 0.3) is 0 Å². The lowest BCUT2D eigenvalue weighted by Crippen LogP contribution is -2.04. The van der Waals surface area contributed by atoms with Crippen LogP contribution in [-0.2, 0) is 0 Å². The number of azide groups is 1. The molecule has 0 saturated heterocycles. The fourth-order valence-corrected chi connectivity index (χ4v) is 4.00. The standard InChI is InChI=1S/C29H21N3O7/c30-32-31-13-14-39-26-24(18-3-9-21(10-4-18)28(35)36)15-23(17-1-7-20(8-2-17)27(33)34)16-25(26)19-5-11-22(12-6-19)29(37)38/h1-12,15-16H,13-14H2,(H,33,34)(H,35,36)(H,37,38). The van der Waals surface area contributed by atoms with Crippen molar-refractivity contribution in [3.05, 3.63) is 112 Å². The van der Waals surface area contributed by atoms with E-state index < -0.39 is 17.9 Å². The molecule has 0 radical (unpaired) electrons. The summed E-state index contributed by atoms with van der Waals surface area (Å²) in [6.07, 6.45) is 0. The summed E-state index contributed by atoms with van der Waals surface area (Å²) in [5.41, 5.74) is 12.9. The third kappa shape index (κ3) is 6.04. The van der Waals surface area contributed by atoms with E-state index in [-0.39, 0.29) is 29.8 Å². The van der Waals surface area contributed by atoms with Crippen molar-refractivity contribution < 1.29 is 34.4 Å². The first-order valence-corrected chi connectivity index (χ1v) is 11.6. The molecule has 0 spiro atoms. The van der Waals surface area contributed by atoms with Gasteiger partial charge in [-0.2, -0.15) is 0 Å². The molecule has 0 atom stereocenters. The lowest BCUT2D eigenvalue weighted by atomic mass is 9.91.